The van der Waals surface area contributed by atoms with Gasteiger partial charge in [-0.05, 0) is 6.42 Å². The van der Waals surface area contributed by atoms with Crippen molar-refractivity contribution in [3.05, 3.63) is 0 Å². The fraction of sp³-hybridized carbons (Fsp3) is 0.889. The van der Waals surface area contributed by atoms with Crippen molar-refractivity contribution in [3.8, 4) is 0 Å². The number of halogens is 3. The van der Waals surface area contributed by atoms with Crippen molar-refractivity contribution in [3.63, 3.8) is 0 Å². The molecule has 0 amide bonds. The van der Waals surface area contributed by atoms with Crippen molar-refractivity contribution in [2.24, 2.45) is 0 Å². The fourth-order valence-corrected chi connectivity index (χ4v) is 1.11. The van der Waals surface area contributed by atoms with Gasteiger partial charge in [0.25, 0.3) is 0 Å². The van der Waals surface area contributed by atoms with E-state index in [1.165, 1.54) is 0 Å². The number of unbranched alkanes of at least 4 members (excludes halogenated alkanes) is 4. The monoisotopic (exact) mass is 212 g/mol. The van der Waals surface area contributed by atoms with E-state index in [0.29, 0.717) is 6.42 Å². The van der Waals surface area contributed by atoms with Gasteiger partial charge in [-0.1, -0.05) is 32.6 Å². The Balaban J connectivity index is 3.60. The lowest BCUT2D eigenvalue weighted by molar-refractivity contribution is -0.212. The Bertz CT molecular complexity index is 171. The van der Waals surface area contributed by atoms with E-state index in [1.807, 2.05) is 6.92 Å². The van der Waals surface area contributed by atoms with E-state index < -0.39 is 18.3 Å². The lowest BCUT2D eigenvalue weighted by Gasteiger charge is -2.10. The quantitative estimate of drug-likeness (QED) is 0.604. The fourth-order valence-electron chi connectivity index (χ4n) is 1.11. The molecule has 0 rings (SSSR count). The molecule has 0 N–H and O–H groups in total. The van der Waals surface area contributed by atoms with Crippen LogP contribution in [0.4, 0.5) is 13.3 Å². The number of carbonyl (C=O) groups is 1. The molecule has 5 heteroatoms. The zero-order valence-corrected chi connectivity index (χ0v) is 8.19. The maximum absolute atomic E-state index is 12.6. The first kappa shape index (κ1) is 13.3. The van der Waals surface area contributed by atoms with Crippen LogP contribution >= 0.6 is 0 Å². The Kier molecular flexibility index (Phi) is 6.32. The van der Waals surface area contributed by atoms with Crippen molar-refractivity contribution < 1.29 is 23.0 Å². The largest absolute Gasteiger partial charge is 0.417 e. The minimum Gasteiger partial charge on any atom is -0.248 e. The van der Waals surface area contributed by atoms with Crippen LogP contribution in [0.2, 0.25) is 0 Å². The van der Waals surface area contributed by atoms with E-state index in [2.05, 4.69) is 4.94 Å². The number of hydrogen-bond acceptors (Lipinski definition) is 2. The summed E-state index contributed by atoms with van der Waals surface area (Å²) in [7, 11) is 0. The van der Waals surface area contributed by atoms with Crippen LogP contribution in [0.5, 0.6) is 0 Å². The van der Waals surface area contributed by atoms with Gasteiger partial charge in [0.15, 0.2) is 0 Å². The summed E-state index contributed by atoms with van der Waals surface area (Å²) in [6, 6.07) is 0. The summed E-state index contributed by atoms with van der Waals surface area (Å²) in [4.78, 5) is 12.7. The smallest absolute Gasteiger partial charge is 0.248 e. The Labute approximate surface area is 81.3 Å². The van der Waals surface area contributed by atoms with E-state index in [1.54, 1.807) is 0 Å². The minimum absolute atomic E-state index is 0.210. The lowest BCUT2D eigenvalue weighted by Crippen LogP contribution is -2.28. The van der Waals surface area contributed by atoms with Crippen molar-refractivity contribution >= 4 is 5.97 Å². The van der Waals surface area contributed by atoms with Crippen molar-refractivity contribution in [1.82, 2.24) is 0 Å². The molecule has 0 aromatic carbocycles. The van der Waals surface area contributed by atoms with Gasteiger partial charge < -0.3 is 0 Å². The molecule has 0 atom stereocenters. The molecule has 84 valence electrons. The second-order valence-corrected chi connectivity index (χ2v) is 3.23. The molecule has 0 bridgehead atoms. The molecule has 0 aliphatic rings. The van der Waals surface area contributed by atoms with Gasteiger partial charge >= 0.3 is 11.9 Å². The van der Waals surface area contributed by atoms with Gasteiger partial charge in [-0.15, -0.1) is 0 Å². The predicted molar refractivity (Wildman–Crippen MR) is 45.5 cm³/mol. The van der Waals surface area contributed by atoms with Gasteiger partial charge in [0.2, 0.25) is 0 Å². The van der Waals surface area contributed by atoms with Crippen molar-refractivity contribution in [1.29, 1.82) is 0 Å². The highest BCUT2D eigenvalue weighted by molar-refractivity contribution is 5.76. The number of rotatable bonds is 7. The highest BCUT2D eigenvalue weighted by atomic mass is 19.3. The molecule has 0 saturated heterocycles. The minimum atomic E-state index is -3.68. The number of carbonyl (C=O) groups excluding carboxylic acids is 1. The molecule has 0 aliphatic heterocycles. The summed E-state index contributed by atoms with van der Waals surface area (Å²) >= 11 is 0. The summed E-state index contributed by atoms with van der Waals surface area (Å²) in [5.41, 5.74) is 0. The van der Waals surface area contributed by atoms with Crippen LogP contribution in [0.25, 0.3) is 0 Å². The Morgan fingerprint density at radius 3 is 2.29 bits per heavy atom. The molecule has 0 aliphatic carbocycles. The van der Waals surface area contributed by atoms with Gasteiger partial charge in [0.05, 0.1) is 0 Å². The van der Waals surface area contributed by atoms with Gasteiger partial charge in [-0.25, -0.2) is 9.74 Å². The molecule has 0 saturated carbocycles. The van der Waals surface area contributed by atoms with Crippen molar-refractivity contribution in [2.45, 2.75) is 51.4 Å². The Morgan fingerprint density at radius 1 is 1.21 bits per heavy atom. The lowest BCUT2D eigenvalue weighted by atomic mass is 10.1. The average Bonchev–Trinajstić information content (AvgIpc) is 2.16. The van der Waals surface area contributed by atoms with Gasteiger partial charge in [-0.3, -0.25) is 0 Å². The molecule has 2 nitrogen and oxygen atoms in total. The average molecular weight is 212 g/mol. The van der Waals surface area contributed by atoms with E-state index in [4.69, 9.17) is 0 Å². The third-order valence-electron chi connectivity index (χ3n) is 1.96. The zero-order valence-electron chi connectivity index (χ0n) is 8.19. The third-order valence-corrected chi connectivity index (χ3v) is 1.96. The van der Waals surface area contributed by atoms with Crippen LogP contribution in [-0.4, -0.2) is 11.9 Å². The van der Waals surface area contributed by atoms with Gasteiger partial charge in [0.1, 0.15) is 0 Å². The predicted octanol–water partition coefficient (Wildman–Crippen LogP) is 3.41. The van der Waals surface area contributed by atoms with E-state index in [0.717, 1.165) is 19.3 Å². The molecular formula is C9H15F3O2. The molecule has 0 fully saturated rings. The molecule has 0 aromatic heterocycles. The topological polar surface area (TPSA) is 26.3 Å². The van der Waals surface area contributed by atoms with E-state index >= 15 is 0 Å². The molecule has 0 spiro atoms. The number of hydrogen-bond donors (Lipinski definition) is 0. The summed E-state index contributed by atoms with van der Waals surface area (Å²) in [6.07, 6.45) is 3.06. The maximum Gasteiger partial charge on any atom is 0.417 e. The Hall–Kier alpha value is -0.740. The van der Waals surface area contributed by atoms with Crippen LogP contribution in [-0.2, 0) is 9.74 Å². The normalized spacial score (nSPS) is 11.4. The second kappa shape index (κ2) is 6.68. The van der Waals surface area contributed by atoms with Crippen LogP contribution < -0.4 is 0 Å². The first-order chi connectivity index (χ1) is 6.54. The van der Waals surface area contributed by atoms with Crippen LogP contribution in [0, 0.1) is 0 Å². The third kappa shape index (κ3) is 5.09. The first-order valence-corrected chi connectivity index (χ1v) is 4.75. The zero-order chi connectivity index (χ0) is 11.0. The van der Waals surface area contributed by atoms with E-state index in [-0.39, 0.29) is 6.42 Å². The Morgan fingerprint density at radius 2 is 1.79 bits per heavy atom. The molecule has 0 radical (unpaired) electrons. The molecular weight excluding hydrogens is 197 g/mol. The molecule has 0 unspecified atom stereocenters. The van der Waals surface area contributed by atoms with Crippen LogP contribution in [0.3, 0.4) is 0 Å². The van der Waals surface area contributed by atoms with Gasteiger partial charge in [-0.2, -0.15) is 8.78 Å². The first-order valence-electron chi connectivity index (χ1n) is 4.75. The van der Waals surface area contributed by atoms with Crippen LogP contribution in [0.15, 0.2) is 0 Å². The summed E-state index contributed by atoms with van der Waals surface area (Å²) in [5.74, 6) is -5.77. The SMILES string of the molecule is CCCCCCCC(F)(F)C(=O)OF. The van der Waals surface area contributed by atoms with Gasteiger partial charge in [0, 0.05) is 10.9 Å². The summed E-state index contributed by atoms with van der Waals surface area (Å²) in [5, 5.41) is 0. The molecule has 0 aromatic rings. The van der Waals surface area contributed by atoms with Crippen molar-refractivity contribution in [2.75, 3.05) is 0 Å². The molecule has 0 heterocycles. The standard InChI is InChI=1S/C9H15F3O2/c1-2-3-4-5-6-7-9(10,11)8(13)14-12/h2-7H2,1H3. The molecule has 14 heavy (non-hydrogen) atoms. The highest BCUT2D eigenvalue weighted by Gasteiger charge is 2.40. The van der Waals surface area contributed by atoms with E-state index in [9.17, 15) is 18.1 Å². The van der Waals surface area contributed by atoms with Crippen LogP contribution in [0.1, 0.15) is 45.4 Å². The summed E-state index contributed by atoms with van der Waals surface area (Å²) < 4.78 is 36.4. The second-order valence-electron chi connectivity index (χ2n) is 3.23. The highest BCUT2D eigenvalue weighted by Crippen LogP contribution is 2.23. The summed E-state index contributed by atoms with van der Waals surface area (Å²) in [6.45, 7) is 2.01. The maximum atomic E-state index is 12.6. The number of alkyl halides is 2.